The van der Waals surface area contributed by atoms with Crippen LogP contribution in [0.3, 0.4) is 0 Å². The molecule has 0 aliphatic carbocycles. The van der Waals surface area contributed by atoms with E-state index in [0.29, 0.717) is 0 Å². The summed E-state index contributed by atoms with van der Waals surface area (Å²) in [5, 5.41) is 19.7. The van der Waals surface area contributed by atoms with Gasteiger partial charge in [0.25, 0.3) is 0 Å². The van der Waals surface area contributed by atoms with Crippen molar-refractivity contribution < 1.29 is 71.7 Å². The summed E-state index contributed by atoms with van der Waals surface area (Å²) in [6.45, 7) is 5.17. The van der Waals surface area contributed by atoms with Crippen LogP contribution >= 0.6 is 0 Å². The first-order valence-corrected chi connectivity index (χ1v) is 14.0. The molecule has 0 aliphatic rings. The second-order valence-corrected chi connectivity index (χ2v) is 12.2. The molecule has 3 rings (SSSR count). The van der Waals surface area contributed by atoms with Crippen LogP contribution in [0.5, 0.6) is 0 Å². The van der Waals surface area contributed by atoms with Crippen LogP contribution in [0.1, 0.15) is 16.7 Å². The zero-order valence-electron chi connectivity index (χ0n) is 25.6. The highest BCUT2D eigenvalue weighted by Gasteiger charge is 2.34. The third-order valence-electron chi connectivity index (χ3n) is 7.80. The lowest BCUT2D eigenvalue weighted by Crippen LogP contribution is -3.00. The van der Waals surface area contributed by atoms with Crippen LogP contribution in [0, 0.1) is 11.8 Å². The monoisotopic (exact) mass is 653 g/mol. The van der Waals surface area contributed by atoms with Gasteiger partial charge in [0.2, 0.25) is 0 Å². The molecule has 0 bridgehead atoms. The molecule has 0 aromatic heterocycles. The van der Waals surface area contributed by atoms with Gasteiger partial charge in [-0.15, -0.1) is 0 Å². The third-order valence-corrected chi connectivity index (χ3v) is 7.80. The number of rotatable bonds is 15. The van der Waals surface area contributed by atoms with E-state index < -0.39 is 23.8 Å². The fraction of sp³-hybridized carbons (Fsp3) is 0.394. The van der Waals surface area contributed by atoms with Crippen molar-refractivity contribution in [2.45, 2.75) is 19.4 Å². The van der Waals surface area contributed by atoms with E-state index in [-0.39, 0.29) is 50.1 Å². The van der Waals surface area contributed by atoms with E-state index in [1.807, 2.05) is 54.6 Å². The fourth-order valence-corrected chi connectivity index (χ4v) is 5.22. The van der Waals surface area contributed by atoms with E-state index in [9.17, 15) is 19.8 Å². The first-order valence-electron chi connectivity index (χ1n) is 14.0. The molecule has 0 saturated heterocycles. The molecule has 2 atom stereocenters. The van der Waals surface area contributed by atoms with E-state index in [2.05, 4.69) is 58.2 Å². The Hall–Kier alpha value is -2.65. The Labute approximate surface area is 275 Å². The molecule has 7 nitrogen and oxygen atoms in total. The molecule has 0 heterocycles. The van der Waals surface area contributed by atoms with Gasteiger partial charge in [0, 0.05) is 5.56 Å². The maximum atomic E-state index is 12.1. The van der Waals surface area contributed by atoms with Gasteiger partial charge in [-0.1, -0.05) is 78.9 Å². The van der Waals surface area contributed by atoms with Gasteiger partial charge in [-0.2, -0.15) is 0 Å². The Morgan fingerprint density at radius 3 is 1.42 bits per heavy atom. The normalized spacial score (nSPS) is 12.6. The second-order valence-electron chi connectivity index (χ2n) is 12.2. The molecule has 0 amide bonds. The fourth-order valence-electron chi connectivity index (χ4n) is 5.22. The van der Waals surface area contributed by atoms with Crippen LogP contribution in [0.4, 0.5) is 0 Å². The number of carbonyl (C=O) groups is 2. The van der Waals surface area contributed by atoms with Crippen LogP contribution in [0.25, 0.3) is 11.1 Å². The molecular formula is C33H46Cl3N3O4. The maximum absolute atomic E-state index is 12.1. The number of hydrogen-bond donors (Lipinski definition) is 3. The number of halogens is 3. The molecule has 0 saturated carbocycles. The predicted octanol–water partition coefficient (Wildman–Crippen LogP) is -5.55. The molecule has 43 heavy (non-hydrogen) atoms. The quantitative estimate of drug-likeness (QED) is 0.142. The minimum Gasteiger partial charge on any atom is -1.00 e. The van der Waals surface area contributed by atoms with Crippen molar-refractivity contribution in [3.05, 3.63) is 95.6 Å². The van der Waals surface area contributed by atoms with Crippen LogP contribution in [-0.2, 0) is 29.0 Å². The summed E-state index contributed by atoms with van der Waals surface area (Å²) in [6.07, 6.45) is 0.343. The van der Waals surface area contributed by atoms with Gasteiger partial charge >= 0.3 is 11.9 Å². The Balaban J connectivity index is 0.00000588. The van der Waals surface area contributed by atoms with Gasteiger partial charge in [-0.3, -0.25) is 9.59 Å². The number of aliphatic carboxylic acids is 2. The molecule has 5 N–H and O–H groups in total. The highest BCUT2D eigenvalue weighted by Crippen LogP contribution is 2.26. The summed E-state index contributed by atoms with van der Waals surface area (Å²) in [4.78, 5) is 24.1. The summed E-state index contributed by atoms with van der Waals surface area (Å²) < 4.78 is 1.90. The van der Waals surface area contributed by atoms with E-state index in [1.165, 1.54) is 5.56 Å². The van der Waals surface area contributed by atoms with Crippen LogP contribution < -0.4 is 43.0 Å². The Kier molecular flexibility index (Phi) is 17.1. The molecule has 238 valence electrons. The number of carboxylic acids is 2. The van der Waals surface area contributed by atoms with E-state index in [0.717, 1.165) is 63.9 Å². The molecule has 3 aromatic carbocycles. The van der Waals surface area contributed by atoms with Gasteiger partial charge in [0.05, 0.1) is 40.0 Å². The highest BCUT2D eigenvalue weighted by atomic mass is 35.5. The molecule has 0 unspecified atom stereocenters. The number of likely N-dealkylation sites (N-methyl/N-ethyl adjacent to an activating group) is 2. The number of benzene rings is 3. The van der Waals surface area contributed by atoms with Crippen molar-refractivity contribution in [3.8, 4) is 11.1 Å². The summed E-state index contributed by atoms with van der Waals surface area (Å²) >= 11 is 0. The topological polar surface area (TPSA) is 102 Å². The number of nitrogens with zero attached hydrogens (tertiary/aromatic N) is 2. The standard InChI is InChI=1S/C33H43N3O4.3ClH/c1-35(2,19-18-34)20-21-36(3,4)24-27-12-16-29(17-13-27)28-14-10-26(11-15-28)23-31(33(39)40)30(32(37)38)22-25-8-6-5-7-9-25;;;/h5-17,30-31H,18-24,34H2,1-4H3;3*1H/t30-,31-;;;/m0.../s1. The number of hydrogen-bond acceptors (Lipinski definition) is 2. The van der Waals surface area contributed by atoms with Crippen molar-refractivity contribution in [1.29, 1.82) is 0 Å². The average Bonchev–Trinajstić information content (AvgIpc) is 2.91. The van der Waals surface area contributed by atoms with Crippen molar-refractivity contribution >= 4 is 11.9 Å². The Morgan fingerprint density at radius 1 is 0.605 bits per heavy atom. The largest absolute Gasteiger partial charge is 1.00 e. The van der Waals surface area contributed by atoms with Gasteiger partial charge in [0.15, 0.2) is 0 Å². The average molecular weight is 655 g/mol. The molecule has 0 radical (unpaired) electrons. The molecule has 0 spiro atoms. The van der Waals surface area contributed by atoms with E-state index >= 15 is 0 Å². The summed E-state index contributed by atoms with van der Waals surface area (Å²) in [5.74, 6) is -4.21. The third kappa shape index (κ3) is 12.9. The minimum absolute atomic E-state index is 0. The van der Waals surface area contributed by atoms with Crippen molar-refractivity contribution in [2.24, 2.45) is 11.8 Å². The first-order chi connectivity index (χ1) is 18.9. The second kappa shape index (κ2) is 18.2. The summed E-state index contributed by atoms with van der Waals surface area (Å²) in [6, 6.07) is 25.6. The molecule has 0 aliphatic heterocycles. The van der Waals surface area contributed by atoms with Crippen molar-refractivity contribution in [3.63, 3.8) is 0 Å². The van der Waals surface area contributed by atoms with Crippen LogP contribution in [0.15, 0.2) is 78.9 Å². The molecule has 0 fully saturated rings. The Bertz CT molecular complexity index is 1250. The molecule has 3 aromatic rings. The lowest BCUT2D eigenvalue weighted by molar-refractivity contribution is -0.954. The van der Waals surface area contributed by atoms with Gasteiger partial charge in [-0.05, 0) is 35.1 Å². The lowest BCUT2D eigenvalue weighted by atomic mass is 9.82. The summed E-state index contributed by atoms with van der Waals surface area (Å²) in [5.41, 5.74) is 9.06. The lowest BCUT2D eigenvalue weighted by Gasteiger charge is -2.35. The van der Waals surface area contributed by atoms with Gasteiger partial charge < -0.3 is 62.1 Å². The maximum Gasteiger partial charge on any atom is 0.307 e. The predicted molar refractivity (Wildman–Crippen MR) is 158 cm³/mol. The zero-order chi connectivity index (χ0) is 29.3. The first kappa shape index (κ1) is 40.4. The zero-order valence-corrected chi connectivity index (χ0v) is 27.8. The SMILES string of the molecule is C[N+](C)(CC[NH3+])CC[N+](C)(C)Cc1ccc(-c2ccc(C[C@H](C(=O)O)[C@H](Cc3ccccc3)C(=O)O)cc2)cc1.[Cl-].[Cl-].[Cl-]. The van der Waals surface area contributed by atoms with Crippen molar-refractivity contribution in [1.82, 2.24) is 0 Å². The van der Waals surface area contributed by atoms with E-state index in [4.69, 9.17) is 0 Å². The minimum atomic E-state index is -1.09. The smallest absolute Gasteiger partial charge is 0.307 e. The number of quaternary nitrogens is 3. The molecule has 10 heteroatoms. The summed E-state index contributed by atoms with van der Waals surface area (Å²) in [7, 11) is 9.08. The number of carboxylic acid groups (broad SMARTS) is 2. The van der Waals surface area contributed by atoms with E-state index in [1.54, 1.807) is 0 Å². The van der Waals surface area contributed by atoms with Gasteiger partial charge in [-0.25, -0.2) is 0 Å². The van der Waals surface area contributed by atoms with Crippen LogP contribution in [0.2, 0.25) is 0 Å². The van der Waals surface area contributed by atoms with Crippen LogP contribution in [-0.4, -0.2) is 85.5 Å². The molecular weight excluding hydrogens is 609 g/mol. The Morgan fingerprint density at radius 2 is 1.00 bits per heavy atom. The van der Waals surface area contributed by atoms with Crippen molar-refractivity contribution in [2.75, 3.05) is 54.4 Å². The van der Waals surface area contributed by atoms with Gasteiger partial charge in [0.1, 0.15) is 32.7 Å². The highest BCUT2D eigenvalue weighted by molar-refractivity contribution is 5.80.